The van der Waals surface area contributed by atoms with Gasteiger partial charge in [-0.05, 0) is 23.8 Å². The van der Waals surface area contributed by atoms with Crippen LogP contribution in [0.3, 0.4) is 0 Å². The number of amides is 2. The highest BCUT2D eigenvalue weighted by atomic mass is 16.7. The summed E-state index contributed by atoms with van der Waals surface area (Å²) in [5, 5.41) is 22.1. The Hall–Kier alpha value is -3.09. The van der Waals surface area contributed by atoms with Crippen molar-refractivity contribution in [3.8, 4) is 23.0 Å². The average molecular weight is 302 g/mol. The predicted molar refractivity (Wildman–Crippen MR) is 76.9 cm³/mol. The molecule has 0 unspecified atom stereocenters. The molecule has 2 amide bonds. The van der Waals surface area contributed by atoms with E-state index in [-0.39, 0.29) is 18.3 Å². The first kappa shape index (κ1) is 13.9. The quantitative estimate of drug-likeness (QED) is 0.687. The van der Waals surface area contributed by atoms with Gasteiger partial charge in [0.05, 0.1) is 6.04 Å². The van der Waals surface area contributed by atoms with Crippen molar-refractivity contribution >= 4 is 6.03 Å². The Kier molecular flexibility index (Phi) is 3.38. The van der Waals surface area contributed by atoms with Gasteiger partial charge in [0.2, 0.25) is 6.79 Å². The van der Waals surface area contributed by atoms with E-state index in [2.05, 4.69) is 5.32 Å². The molecule has 0 saturated carbocycles. The van der Waals surface area contributed by atoms with Gasteiger partial charge in [0, 0.05) is 11.6 Å². The molecule has 114 valence electrons. The first-order chi connectivity index (χ1) is 10.5. The van der Waals surface area contributed by atoms with Crippen LogP contribution in [-0.4, -0.2) is 23.0 Å². The lowest BCUT2D eigenvalue weighted by molar-refractivity contribution is 0.174. The number of phenolic OH excluding ortho intramolecular Hbond substituents is 2. The van der Waals surface area contributed by atoms with Gasteiger partial charge in [-0.2, -0.15) is 0 Å². The topological polar surface area (TPSA) is 114 Å². The zero-order valence-electron chi connectivity index (χ0n) is 11.4. The fourth-order valence-corrected chi connectivity index (χ4v) is 2.33. The molecule has 22 heavy (non-hydrogen) atoms. The van der Waals surface area contributed by atoms with Crippen LogP contribution < -0.4 is 20.5 Å². The molecule has 3 rings (SSSR count). The largest absolute Gasteiger partial charge is 0.508 e. The number of hydrogen-bond donors (Lipinski definition) is 4. The molecule has 1 heterocycles. The Morgan fingerprint density at radius 1 is 1.14 bits per heavy atom. The maximum Gasteiger partial charge on any atom is 0.312 e. The number of phenols is 2. The van der Waals surface area contributed by atoms with E-state index < -0.39 is 12.1 Å². The molecular weight excluding hydrogens is 288 g/mol. The van der Waals surface area contributed by atoms with E-state index in [0.29, 0.717) is 22.6 Å². The molecule has 1 atom stereocenters. The highest BCUT2D eigenvalue weighted by Crippen LogP contribution is 2.41. The molecule has 7 heteroatoms. The number of carbonyl (C=O) groups is 1. The summed E-state index contributed by atoms with van der Waals surface area (Å²) in [5.41, 5.74) is 6.28. The fraction of sp³-hybridized carbons (Fsp3) is 0.133. The van der Waals surface area contributed by atoms with Gasteiger partial charge in [-0.15, -0.1) is 0 Å². The summed E-state index contributed by atoms with van der Waals surface area (Å²) in [5.74, 6) is 0.945. The van der Waals surface area contributed by atoms with Crippen LogP contribution in [0.2, 0.25) is 0 Å². The molecule has 2 aromatic rings. The molecule has 0 saturated heterocycles. The van der Waals surface area contributed by atoms with Crippen molar-refractivity contribution in [2.75, 3.05) is 6.79 Å². The third-order valence-corrected chi connectivity index (χ3v) is 3.35. The van der Waals surface area contributed by atoms with Gasteiger partial charge >= 0.3 is 6.03 Å². The summed E-state index contributed by atoms with van der Waals surface area (Å²) < 4.78 is 10.5. The third-order valence-electron chi connectivity index (χ3n) is 3.35. The van der Waals surface area contributed by atoms with Gasteiger partial charge in [0.25, 0.3) is 0 Å². The van der Waals surface area contributed by atoms with Gasteiger partial charge in [0.15, 0.2) is 11.5 Å². The number of aromatic hydroxyl groups is 2. The second-order valence-electron chi connectivity index (χ2n) is 4.80. The second kappa shape index (κ2) is 5.36. The van der Waals surface area contributed by atoms with Crippen molar-refractivity contribution in [2.45, 2.75) is 6.04 Å². The number of benzene rings is 2. The number of carbonyl (C=O) groups excluding carboxylic acids is 1. The molecule has 0 radical (unpaired) electrons. The van der Waals surface area contributed by atoms with E-state index in [9.17, 15) is 15.0 Å². The highest BCUT2D eigenvalue weighted by Gasteiger charge is 2.24. The lowest BCUT2D eigenvalue weighted by atomic mass is 9.97. The summed E-state index contributed by atoms with van der Waals surface area (Å²) in [6.45, 7) is 0.0748. The van der Waals surface area contributed by atoms with Crippen LogP contribution in [0.5, 0.6) is 23.0 Å². The van der Waals surface area contributed by atoms with Crippen LogP contribution in [0.1, 0.15) is 17.2 Å². The van der Waals surface area contributed by atoms with Crippen molar-refractivity contribution < 1.29 is 24.5 Å². The van der Waals surface area contributed by atoms with Crippen LogP contribution in [0.25, 0.3) is 0 Å². The molecule has 0 bridgehead atoms. The van der Waals surface area contributed by atoms with E-state index in [4.69, 9.17) is 15.2 Å². The molecule has 0 aliphatic carbocycles. The maximum absolute atomic E-state index is 11.3. The number of nitrogens with two attached hydrogens (primary N) is 1. The summed E-state index contributed by atoms with van der Waals surface area (Å²) in [7, 11) is 0. The smallest absolute Gasteiger partial charge is 0.312 e. The molecule has 1 aliphatic heterocycles. The van der Waals surface area contributed by atoms with Gasteiger partial charge in [-0.1, -0.05) is 12.1 Å². The van der Waals surface area contributed by atoms with E-state index in [0.717, 1.165) is 0 Å². The predicted octanol–water partition coefficient (Wildman–Crippen LogP) is 1.58. The first-order valence-corrected chi connectivity index (χ1v) is 6.52. The number of hydrogen-bond acceptors (Lipinski definition) is 5. The SMILES string of the molecule is NC(=O)N[C@@H](c1ccc(O)cc1)c1cc2c(cc1O)OCO2. The van der Waals surface area contributed by atoms with E-state index in [1.165, 1.54) is 18.2 Å². The maximum atomic E-state index is 11.3. The van der Waals surface area contributed by atoms with Crippen LogP contribution in [0.4, 0.5) is 4.79 Å². The van der Waals surface area contributed by atoms with Crippen molar-refractivity contribution in [1.29, 1.82) is 0 Å². The number of ether oxygens (including phenoxy) is 2. The molecule has 5 N–H and O–H groups in total. The number of rotatable bonds is 3. The van der Waals surface area contributed by atoms with Gasteiger partial charge in [0.1, 0.15) is 11.5 Å². The average Bonchev–Trinajstić information content (AvgIpc) is 2.92. The zero-order valence-corrected chi connectivity index (χ0v) is 11.4. The Bertz CT molecular complexity index is 715. The standard InChI is InChI=1S/C15H14N2O5/c16-15(20)17-14(8-1-3-9(18)4-2-8)10-5-12-13(6-11(10)19)22-7-21-12/h1-6,14,18-19H,7H2,(H3,16,17,20)/t14-/m0/s1. The minimum atomic E-state index is -0.741. The van der Waals surface area contributed by atoms with Crippen LogP contribution in [0.15, 0.2) is 36.4 Å². The molecule has 0 spiro atoms. The number of fused-ring (bicyclic) bond motifs is 1. The zero-order chi connectivity index (χ0) is 15.7. The molecule has 1 aliphatic rings. The molecule has 2 aromatic carbocycles. The number of nitrogens with one attached hydrogen (secondary N) is 1. The fourth-order valence-electron chi connectivity index (χ4n) is 2.33. The lowest BCUT2D eigenvalue weighted by Crippen LogP contribution is -2.33. The van der Waals surface area contributed by atoms with Crippen molar-refractivity contribution in [3.63, 3.8) is 0 Å². The molecule has 7 nitrogen and oxygen atoms in total. The Labute approximate surface area is 125 Å². The van der Waals surface area contributed by atoms with E-state index >= 15 is 0 Å². The van der Waals surface area contributed by atoms with Crippen molar-refractivity contribution in [1.82, 2.24) is 5.32 Å². The highest BCUT2D eigenvalue weighted by molar-refractivity contribution is 5.73. The molecule has 0 fully saturated rings. The second-order valence-corrected chi connectivity index (χ2v) is 4.80. The van der Waals surface area contributed by atoms with Crippen LogP contribution >= 0.6 is 0 Å². The van der Waals surface area contributed by atoms with Crippen LogP contribution in [-0.2, 0) is 0 Å². The minimum absolute atomic E-state index is 0.0592. The van der Waals surface area contributed by atoms with Gasteiger partial charge in [-0.25, -0.2) is 4.79 Å². The summed E-state index contributed by atoms with van der Waals surface area (Å²) in [6, 6.07) is 7.80. The minimum Gasteiger partial charge on any atom is -0.508 e. The normalized spacial score (nSPS) is 13.6. The van der Waals surface area contributed by atoms with Crippen molar-refractivity contribution in [3.05, 3.63) is 47.5 Å². The first-order valence-electron chi connectivity index (χ1n) is 6.52. The van der Waals surface area contributed by atoms with E-state index in [1.54, 1.807) is 18.2 Å². The Morgan fingerprint density at radius 3 is 2.41 bits per heavy atom. The molecule has 0 aromatic heterocycles. The summed E-state index contributed by atoms with van der Waals surface area (Å²) >= 11 is 0. The van der Waals surface area contributed by atoms with Gasteiger partial charge < -0.3 is 30.7 Å². The number of urea groups is 1. The molecular formula is C15H14N2O5. The number of primary amides is 1. The van der Waals surface area contributed by atoms with Crippen molar-refractivity contribution in [2.24, 2.45) is 5.73 Å². The monoisotopic (exact) mass is 302 g/mol. The van der Waals surface area contributed by atoms with Crippen LogP contribution in [0, 0.1) is 0 Å². The lowest BCUT2D eigenvalue weighted by Gasteiger charge is -2.20. The van der Waals surface area contributed by atoms with Gasteiger partial charge in [-0.3, -0.25) is 0 Å². The Morgan fingerprint density at radius 2 is 1.77 bits per heavy atom. The Balaban J connectivity index is 2.06. The summed E-state index contributed by atoms with van der Waals surface area (Å²) in [4.78, 5) is 11.3. The van der Waals surface area contributed by atoms with E-state index in [1.807, 2.05) is 0 Å². The summed E-state index contributed by atoms with van der Waals surface area (Å²) in [6.07, 6.45) is 0. The third kappa shape index (κ3) is 2.56.